The van der Waals surface area contributed by atoms with Gasteiger partial charge in [0, 0.05) is 0 Å². The molecule has 0 aromatic heterocycles. The number of fused-ring (bicyclic) bond motifs is 1. The van der Waals surface area contributed by atoms with E-state index in [1.165, 1.54) is 0 Å². The quantitative estimate of drug-likeness (QED) is 0.636. The number of carbonyl (C=O) groups excluding carboxylic acids is 2. The van der Waals surface area contributed by atoms with Crippen LogP contribution in [0.3, 0.4) is 0 Å². The van der Waals surface area contributed by atoms with Crippen LogP contribution in [0.25, 0.3) is 0 Å². The van der Waals surface area contributed by atoms with Crippen LogP contribution < -0.4 is 0 Å². The van der Waals surface area contributed by atoms with E-state index in [1.54, 1.807) is 0 Å². The molecule has 2 unspecified atom stereocenters. The van der Waals surface area contributed by atoms with Crippen molar-refractivity contribution in [3.05, 3.63) is 0 Å². The van der Waals surface area contributed by atoms with Crippen LogP contribution in [0.2, 0.25) is 0 Å². The molecule has 0 aliphatic carbocycles. The number of ether oxygens (including phenoxy) is 2. The van der Waals surface area contributed by atoms with Crippen molar-refractivity contribution >= 4 is 11.9 Å². The Morgan fingerprint density at radius 2 is 2.29 bits per heavy atom. The van der Waals surface area contributed by atoms with Gasteiger partial charge < -0.3 is 9.47 Å². The first kappa shape index (κ1) is 9.49. The van der Waals surface area contributed by atoms with E-state index < -0.39 is 5.60 Å². The number of carbonyl (C=O) groups is 2. The second-order valence-electron chi connectivity index (χ2n) is 4.01. The topological polar surface area (TPSA) is 52.6 Å². The van der Waals surface area contributed by atoms with Crippen LogP contribution in [0.1, 0.15) is 32.6 Å². The molecule has 2 rings (SSSR count). The largest absolute Gasteiger partial charge is 0.461 e. The number of cyclic esters (lactones) is 1. The smallest absolute Gasteiger partial charge is 0.313 e. The molecule has 2 heterocycles. The lowest BCUT2D eigenvalue weighted by Gasteiger charge is -2.23. The minimum absolute atomic E-state index is 0.197. The Kier molecular flexibility index (Phi) is 2.21. The average Bonchev–Trinajstić information content (AvgIpc) is 2.62. The molecule has 2 aliphatic heterocycles. The van der Waals surface area contributed by atoms with Gasteiger partial charge in [-0.25, -0.2) is 0 Å². The molecular weight excluding hydrogens is 184 g/mol. The van der Waals surface area contributed by atoms with Gasteiger partial charge in [-0.2, -0.15) is 0 Å². The third-order valence-electron chi connectivity index (χ3n) is 3.02. The average molecular weight is 198 g/mol. The molecule has 0 aromatic rings. The summed E-state index contributed by atoms with van der Waals surface area (Å²) in [5.41, 5.74) is -0.621. The number of rotatable bonds is 3. The number of esters is 2. The molecule has 0 radical (unpaired) electrons. The van der Waals surface area contributed by atoms with Crippen molar-refractivity contribution in [2.75, 3.05) is 6.61 Å². The summed E-state index contributed by atoms with van der Waals surface area (Å²) in [5, 5.41) is 0. The minimum Gasteiger partial charge on any atom is -0.461 e. The highest BCUT2D eigenvalue weighted by molar-refractivity contribution is 5.86. The molecule has 2 aliphatic rings. The van der Waals surface area contributed by atoms with Crippen molar-refractivity contribution in [1.82, 2.24) is 0 Å². The van der Waals surface area contributed by atoms with E-state index in [0.29, 0.717) is 0 Å². The van der Waals surface area contributed by atoms with Crippen LogP contribution in [-0.2, 0) is 19.1 Å². The molecule has 0 amide bonds. The van der Waals surface area contributed by atoms with Crippen LogP contribution in [0.15, 0.2) is 0 Å². The highest BCUT2D eigenvalue weighted by Gasteiger charge is 2.58. The third-order valence-corrected chi connectivity index (χ3v) is 3.02. The first-order chi connectivity index (χ1) is 6.68. The first-order valence-corrected chi connectivity index (χ1v) is 5.06. The van der Waals surface area contributed by atoms with Gasteiger partial charge >= 0.3 is 11.9 Å². The van der Waals surface area contributed by atoms with Crippen molar-refractivity contribution in [3.8, 4) is 0 Å². The van der Waals surface area contributed by atoms with Crippen molar-refractivity contribution in [2.45, 2.75) is 38.2 Å². The SMILES string of the molecule is CCCCC12COC(=O)C1CC(=O)O2. The number of unbranched alkanes of at least 4 members (excludes halogenated alkanes) is 1. The van der Waals surface area contributed by atoms with E-state index in [2.05, 4.69) is 6.92 Å². The van der Waals surface area contributed by atoms with Gasteiger partial charge in [-0.1, -0.05) is 13.3 Å². The Labute approximate surface area is 82.6 Å². The third kappa shape index (κ3) is 1.29. The molecule has 78 valence electrons. The zero-order valence-electron chi connectivity index (χ0n) is 8.25. The van der Waals surface area contributed by atoms with Gasteiger partial charge in [-0.15, -0.1) is 0 Å². The fraction of sp³-hybridized carbons (Fsp3) is 0.800. The van der Waals surface area contributed by atoms with Crippen LogP contribution in [0, 0.1) is 5.92 Å². The van der Waals surface area contributed by atoms with Crippen molar-refractivity contribution in [1.29, 1.82) is 0 Å². The first-order valence-electron chi connectivity index (χ1n) is 5.06. The predicted molar refractivity (Wildman–Crippen MR) is 47.4 cm³/mol. The number of hydrogen-bond donors (Lipinski definition) is 0. The summed E-state index contributed by atoms with van der Waals surface area (Å²) in [6, 6.07) is 0. The standard InChI is InChI=1S/C10H14O4/c1-2-3-4-10-6-13-9(12)7(10)5-8(11)14-10/h7H,2-6H2,1H3. The maximum Gasteiger partial charge on any atom is 0.313 e. The van der Waals surface area contributed by atoms with Crippen LogP contribution in [-0.4, -0.2) is 24.1 Å². The molecule has 0 bridgehead atoms. The molecular formula is C10H14O4. The lowest BCUT2D eigenvalue weighted by molar-refractivity contribution is -0.152. The second kappa shape index (κ2) is 3.26. The van der Waals surface area contributed by atoms with Crippen LogP contribution in [0.4, 0.5) is 0 Å². The van der Waals surface area contributed by atoms with Crippen LogP contribution in [0.5, 0.6) is 0 Å². The molecule has 4 nitrogen and oxygen atoms in total. The molecule has 0 saturated carbocycles. The van der Waals surface area contributed by atoms with Gasteiger partial charge in [0.2, 0.25) is 0 Å². The van der Waals surface area contributed by atoms with Gasteiger partial charge in [-0.05, 0) is 12.8 Å². The highest BCUT2D eigenvalue weighted by atomic mass is 16.6. The van der Waals surface area contributed by atoms with Gasteiger partial charge in [0.05, 0.1) is 6.42 Å². The molecule has 2 atom stereocenters. The summed E-state index contributed by atoms with van der Waals surface area (Å²) < 4.78 is 10.2. The van der Waals surface area contributed by atoms with Gasteiger partial charge in [-0.3, -0.25) is 9.59 Å². The zero-order chi connectivity index (χ0) is 10.2. The Balaban J connectivity index is 2.14. The zero-order valence-corrected chi connectivity index (χ0v) is 8.25. The van der Waals surface area contributed by atoms with E-state index in [0.717, 1.165) is 19.3 Å². The predicted octanol–water partition coefficient (Wildman–Crippen LogP) is 1.04. The van der Waals surface area contributed by atoms with E-state index in [4.69, 9.17) is 9.47 Å². The molecule has 0 aromatic carbocycles. The van der Waals surface area contributed by atoms with E-state index >= 15 is 0 Å². The van der Waals surface area contributed by atoms with Gasteiger partial charge in [0.15, 0.2) is 5.60 Å². The normalized spacial score (nSPS) is 35.4. The summed E-state index contributed by atoms with van der Waals surface area (Å²) in [5.74, 6) is -0.878. The monoisotopic (exact) mass is 198 g/mol. The maximum absolute atomic E-state index is 11.3. The Morgan fingerprint density at radius 3 is 3.00 bits per heavy atom. The fourth-order valence-electron chi connectivity index (χ4n) is 2.19. The summed E-state index contributed by atoms with van der Waals surface area (Å²) in [6.07, 6.45) is 2.93. The Hall–Kier alpha value is -1.06. The molecule has 0 spiro atoms. The lowest BCUT2D eigenvalue weighted by Crippen LogP contribution is -2.35. The summed E-state index contributed by atoms with van der Waals surface area (Å²) in [7, 11) is 0. The Bertz CT molecular complexity index is 273. The fourth-order valence-corrected chi connectivity index (χ4v) is 2.19. The molecule has 0 N–H and O–H groups in total. The second-order valence-corrected chi connectivity index (χ2v) is 4.01. The lowest BCUT2D eigenvalue weighted by atomic mass is 9.86. The molecule has 2 fully saturated rings. The molecule has 14 heavy (non-hydrogen) atoms. The molecule has 4 heteroatoms. The van der Waals surface area contributed by atoms with Gasteiger partial charge in [0.1, 0.15) is 12.5 Å². The summed E-state index contributed by atoms with van der Waals surface area (Å²) in [6.45, 7) is 2.32. The van der Waals surface area contributed by atoms with Crippen molar-refractivity contribution < 1.29 is 19.1 Å². The van der Waals surface area contributed by atoms with E-state index in [-0.39, 0.29) is 30.9 Å². The highest BCUT2D eigenvalue weighted by Crippen LogP contribution is 2.42. The number of hydrogen-bond acceptors (Lipinski definition) is 4. The van der Waals surface area contributed by atoms with Crippen molar-refractivity contribution in [2.24, 2.45) is 5.92 Å². The van der Waals surface area contributed by atoms with Crippen LogP contribution >= 0.6 is 0 Å². The summed E-state index contributed by atoms with van der Waals surface area (Å²) >= 11 is 0. The summed E-state index contributed by atoms with van der Waals surface area (Å²) in [4.78, 5) is 22.5. The van der Waals surface area contributed by atoms with Crippen molar-refractivity contribution in [3.63, 3.8) is 0 Å². The minimum atomic E-state index is -0.621. The van der Waals surface area contributed by atoms with Gasteiger partial charge in [0.25, 0.3) is 0 Å². The van der Waals surface area contributed by atoms with E-state index in [1.807, 2.05) is 0 Å². The maximum atomic E-state index is 11.3. The van der Waals surface area contributed by atoms with E-state index in [9.17, 15) is 9.59 Å². The molecule has 2 saturated heterocycles. The Morgan fingerprint density at radius 1 is 1.50 bits per heavy atom.